The van der Waals surface area contributed by atoms with E-state index >= 15 is 0 Å². The maximum absolute atomic E-state index is 13.2. The van der Waals surface area contributed by atoms with Crippen LogP contribution in [0.1, 0.15) is 34.3 Å². The summed E-state index contributed by atoms with van der Waals surface area (Å²) in [4.78, 5) is 29.4. The summed E-state index contributed by atoms with van der Waals surface area (Å²) in [6, 6.07) is 18.8. The predicted octanol–water partition coefficient (Wildman–Crippen LogP) is 2.57. The maximum atomic E-state index is 13.2. The van der Waals surface area contributed by atoms with Gasteiger partial charge in [0.05, 0.1) is 17.0 Å². The molecular formula is C22H21N3O2. The molecule has 1 saturated carbocycles. The van der Waals surface area contributed by atoms with Crippen molar-refractivity contribution in [2.75, 3.05) is 26.2 Å². The zero-order valence-corrected chi connectivity index (χ0v) is 15.1. The number of hydrogen-bond donors (Lipinski definition) is 0. The normalized spacial score (nSPS) is 17.9. The van der Waals surface area contributed by atoms with Crippen LogP contribution in [-0.2, 0) is 10.2 Å². The minimum absolute atomic E-state index is 0.0190. The fourth-order valence-corrected chi connectivity index (χ4v) is 3.82. The molecule has 5 heteroatoms. The van der Waals surface area contributed by atoms with Crippen molar-refractivity contribution in [3.63, 3.8) is 0 Å². The van der Waals surface area contributed by atoms with Gasteiger partial charge in [-0.15, -0.1) is 0 Å². The monoisotopic (exact) mass is 359 g/mol. The van der Waals surface area contributed by atoms with Gasteiger partial charge in [-0.2, -0.15) is 5.26 Å². The van der Waals surface area contributed by atoms with E-state index in [0.717, 1.165) is 18.4 Å². The van der Waals surface area contributed by atoms with Gasteiger partial charge in [0.2, 0.25) is 5.91 Å². The van der Waals surface area contributed by atoms with E-state index < -0.39 is 5.41 Å². The fourth-order valence-electron chi connectivity index (χ4n) is 3.82. The Bertz CT molecular complexity index is 905. The van der Waals surface area contributed by atoms with Crippen molar-refractivity contribution in [1.29, 1.82) is 5.26 Å². The highest BCUT2D eigenvalue weighted by Gasteiger charge is 2.53. The first-order chi connectivity index (χ1) is 13.1. The second kappa shape index (κ2) is 6.88. The van der Waals surface area contributed by atoms with Crippen LogP contribution >= 0.6 is 0 Å². The van der Waals surface area contributed by atoms with Crippen molar-refractivity contribution in [1.82, 2.24) is 9.80 Å². The number of nitriles is 1. The number of rotatable bonds is 3. The standard InChI is InChI=1S/C22H21N3O2/c23-16-17-5-4-8-19(15-17)22(9-10-22)21(27)25-13-11-24(12-14-25)20(26)18-6-2-1-3-7-18/h1-8,15H,9-14H2. The van der Waals surface area contributed by atoms with E-state index in [9.17, 15) is 9.59 Å². The fraction of sp³-hybridized carbons (Fsp3) is 0.318. The average Bonchev–Trinajstić information content (AvgIpc) is 3.55. The second-order valence-corrected chi connectivity index (χ2v) is 7.23. The Morgan fingerprint density at radius 2 is 1.56 bits per heavy atom. The molecule has 1 saturated heterocycles. The summed E-state index contributed by atoms with van der Waals surface area (Å²) in [6.45, 7) is 2.20. The molecule has 2 aromatic carbocycles. The van der Waals surface area contributed by atoms with E-state index in [-0.39, 0.29) is 11.8 Å². The van der Waals surface area contributed by atoms with Gasteiger partial charge in [-0.1, -0.05) is 30.3 Å². The summed E-state index contributed by atoms with van der Waals surface area (Å²) in [5.41, 5.74) is 1.74. The smallest absolute Gasteiger partial charge is 0.253 e. The van der Waals surface area contributed by atoms with Crippen LogP contribution in [0.15, 0.2) is 54.6 Å². The minimum atomic E-state index is -0.474. The molecule has 2 fully saturated rings. The van der Waals surface area contributed by atoms with Gasteiger partial charge < -0.3 is 9.80 Å². The lowest BCUT2D eigenvalue weighted by Crippen LogP contribution is -2.53. The molecular weight excluding hydrogens is 338 g/mol. The van der Waals surface area contributed by atoms with Gasteiger partial charge in [0.25, 0.3) is 5.91 Å². The van der Waals surface area contributed by atoms with Crippen LogP contribution in [0.5, 0.6) is 0 Å². The van der Waals surface area contributed by atoms with Crippen molar-refractivity contribution < 1.29 is 9.59 Å². The molecule has 27 heavy (non-hydrogen) atoms. The Labute approximate surface area is 158 Å². The van der Waals surface area contributed by atoms with E-state index in [1.807, 2.05) is 58.3 Å². The van der Waals surface area contributed by atoms with Crippen LogP contribution in [0.3, 0.4) is 0 Å². The molecule has 2 amide bonds. The van der Waals surface area contributed by atoms with Gasteiger partial charge in [0, 0.05) is 31.7 Å². The van der Waals surface area contributed by atoms with Crippen LogP contribution in [0.4, 0.5) is 0 Å². The Kier molecular flexibility index (Phi) is 4.41. The molecule has 0 N–H and O–H groups in total. The molecule has 0 atom stereocenters. The number of carbonyl (C=O) groups excluding carboxylic acids is 2. The summed E-state index contributed by atoms with van der Waals surface area (Å²) in [5.74, 6) is 0.148. The molecule has 5 nitrogen and oxygen atoms in total. The number of piperazine rings is 1. The summed E-state index contributed by atoms with van der Waals surface area (Å²) >= 11 is 0. The molecule has 2 aromatic rings. The molecule has 136 valence electrons. The summed E-state index contributed by atoms with van der Waals surface area (Å²) in [7, 11) is 0. The minimum Gasteiger partial charge on any atom is -0.338 e. The zero-order valence-electron chi connectivity index (χ0n) is 15.1. The number of carbonyl (C=O) groups is 2. The van der Waals surface area contributed by atoms with Crippen LogP contribution in [-0.4, -0.2) is 47.8 Å². The predicted molar refractivity (Wildman–Crippen MR) is 101 cm³/mol. The summed E-state index contributed by atoms with van der Waals surface area (Å²) in [5, 5.41) is 9.13. The van der Waals surface area contributed by atoms with Crippen molar-refractivity contribution in [2.24, 2.45) is 0 Å². The highest BCUT2D eigenvalue weighted by Crippen LogP contribution is 2.49. The molecule has 0 radical (unpaired) electrons. The summed E-state index contributed by atoms with van der Waals surface area (Å²) < 4.78 is 0. The van der Waals surface area contributed by atoms with Gasteiger partial charge in [-0.3, -0.25) is 9.59 Å². The Morgan fingerprint density at radius 1 is 0.889 bits per heavy atom. The van der Waals surface area contributed by atoms with E-state index in [1.54, 1.807) is 6.07 Å². The van der Waals surface area contributed by atoms with E-state index in [4.69, 9.17) is 5.26 Å². The lowest BCUT2D eigenvalue weighted by molar-refractivity contribution is -0.135. The van der Waals surface area contributed by atoms with Gasteiger partial charge in [0.1, 0.15) is 0 Å². The Hall–Kier alpha value is -3.13. The van der Waals surface area contributed by atoms with Gasteiger partial charge in [-0.25, -0.2) is 0 Å². The third kappa shape index (κ3) is 3.19. The molecule has 0 bridgehead atoms. The van der Waals surface area contributed by atoms with Gasteiger partial charge in [0.15, 0.2) is 0 Å². The van der Waals surface area contributed by atoms with Crippen LogP contribution in [0, 0.1) is 11.3 Å². The molecule has 0 spiro atoms. The Morgan fingerprint density at radius 3 is 2.19 bits per heavy atom. The lowest BCUT2D eigenvalue weighted by atomic mass is 9.92. The third-order valence-corrected chi connectivity index (χ3v) is 5.58. The number of hydrogen-bond acceptors (Lipinski definition) is 3. The first kappa shape index (κ1) is 17.3. The lowest BCUT2D eigenvalue weighted by Gasteiger charge is -2.36. The number of benzene rings is 2. The average molecular weight is 359 g/mol. The van der Waals surface area contributed by atoms with Crippen molar-refractivity contribution in [3.8, 4) is 6.07 Å². The molecule has 4 rings (SSSR count). The van der Waals surface area contributed by atoms with E-state index in [0.29, 0.717) is 37.3 Å². The molecule has 0 unspecified atom stereocenters. The molecule has 0 aromatic heterocycles. The molecule has 1 heterocycles. The zero-order chi connectivity index (χ0) is 18.9. The highest BCUT2D eigenvalue weighted by molar-refractivity contribution is 5.95. The van der Waals surface area contributed by atoms with E-state index in [1.165, 1.54) is 0 Å². The molecule has 1 aliphatic heterocycles. The van der Waals surface area contributed by atoms with Crippen LogP contribution in [0.25, 0.3) is 0 Å². The SMILES string of the molecule is N#Cc1cccc(C2(C(=O)N3CCN(C(=O)c4ccccc4)CC3)CC2)c1. The molecule has 1 aliphatic carbocycles. The second-order valence-electron chi connectivity index (χ2n) is 7.23. The van der Waals surface area contributed by atoms with Crippen molar-refractivity contribution in [3.05, 3.63) is 71.3 Å². The summed E-state index contributed by atoms with van der Waals surface area (Å²) in [6.07, 6.45) is 1.65. The Balaban J connectivity index is 1.43. The van der Waals surface area contributed by atoms with E-state index in [2.05, 4.69) is 6.07 Å². The van der Waals surface area contributed by atoms with Crippen LogP contribution < -0.4 is 0 Å². The highest BCUT2D eigenvalue weighted by atomic mass is 16.2. The largest absolute Gasteiger partial charge is 0.338 e. The number of amides is 2. The van der Waals surface area contributed by atoms with Crippen molar-refractivity contribution >= 4 is 11.8 Å². The van der Waals surface area contributed by atoms with Gasteiger partial charge in [-0.05, 0) is 42.7 Å². The maximum Gasteiger partial charge on any atom is 0.253 e. The van der Waals surface area contributed by atoms with Crippen LogP contribution in [0.2, 0.25) is 0 Å². The third-order valence-electron chi connectivity index (χ3n) is 5.58. The molecule has 2 aliphatic rings. The van der Waals surface area contributed by atoms with Crippen molar-refractivity contribution in [2.45, 2.75) is 18.3 Å². The topological polar surface area (TPSA) is 64.4 Å². The number of nitrogens with zero attached hydrogens (tertiary/aromatic N) is 3. The first-order valence-electron chi connectivity index (χ1n) is 9.28. The first-order valence-corrected chi connectivity index (χ1v) is 9.28. The quantitative estimate of drug-likeness (QED) is 0.846. The van der Waals surface area contributed by atoms with Gasteiger partial charge >= 0.3 is 0 Å².